The lowest BCUT2D eigenvalue weighted by atomic mass is 10.2. The molecule has 21 heavy (non-hydrogen) atoms. The van der Waals surface area contributed by atoms with Crippen LogP contribution in [0.3, 0.4) is 0 Å². The van der Waals surface area contributed by atoms with E-state index in [0.717, 1.165) is 26.1 Å². The molecule has 0 bridgehead atoms. The zero-order valence-electron chi connectivity index (χ0n) is 12.2. The van der Waals surface area contributed by atoms with E-state index in [1.165, 1.54) is 12.8 Å². The molecule has 1 aliphatic heterocycles. The quantitative estimate of drug-likeness (QED) is 0.589. The standard InChI is InChI=1S/C14H22BrN3O2S/c1-11-13(16)9-12(15)10-14(11)21(19,20)17-5-4-8-18-6-2-3-7-18/h9-10,17H,2-8,16H2,1H3. The van der Waals surface area contributed by atoms with Crippen LogP contribution in [0.2, 0.25) is 0 Å². The fourth-order valence-electron chi connectivity index (χ4n) is 2.55. The van der Waals surface area contributed by atoms with Crippen LogP contribution in [0.1, 0.15) is 24.8 Å². The third-order valence-electron chi connectivity index (χ3n) is 3.80. The Morgan fingerprint density at radius 1 is 1.33 bits per heavy atom. The molecule has 1 aliphatic rings. The Morgan fingerprint density at radius 2 is 2.00 bits per heavy atom. The lowest BCUT2D eigenvalue weighted by Gasteiger charge is -2.15. The number of anilines is 1. The summed E-state index contributed by atoms with van der Waals surface area (Å²) < 4.78 is 28.0. The molecule has 0 unspecified atom stereocenters. The first kappa shape index (κ1) is 16.7. The summed E-state index contributed by atoms with van der Waals surface area (Å²) in [5.41, 5.74) is 6.89. The molecule has 1 aromatic rings. The van der Waals surface area contributed by atoms with Crippen molar-refractivity contribution in [1.29, 1.82) is 0 Å². The molecule has 0 radical (unpaired) electrons. The van der Waals surface area contributed by atoms with Gasteiger partial charge in [0.25, 0.3) is 0 Å². The monoisotopic (exact) mass is 375 g/mol. The zero-order valence-corrected chi connectivity index (χ0v) is 14.6. The van der Waals surface area contributed by atoms with E-state index in [1.54, 1.807) is 19.1 Å². The van der Waals surface area contributed by atoms with Gasteiger partial charge in [-0.2, -0.15) is 0 Å². The molecule has 0 spiro atoms. The molecule has 0 amide bonds. The molecule has 2 rings (SSSR count). The lowest BCUT2D eigenvalue weighted by Crippen LogP contribution is -2.29. The third kappa shape index (κ3) is 4.42. The predicted octanol–water partition coefficient (Wildman–Crippen LogP) is 2.10. The lowest BCUT2D eigenvalue weighted by molar-refractivity contribution is 0.334. The van der Waals surface area contributed by atoms with Gasteiger partial charge in [0.15, 0.2) is 0 Å². The van der Waals surface area contributed by atoms with Crippen LogP contribution in [-0.4, -0.2) is 39.5 Å². The van der Waals surface area contributed by atoms with E-state index in [1.807, 2.05) is 0 Å². The van der Waals surface area contributed by atoms with Crippen molar-refractivity contribution in [3.05, 3.63) is 22.2 Å². The summed E-state index contributed by atoms with van der Waals surface area (Å²) in [5.74, 6) is 0. The van der Waals surface area contributed by atoms with Gasteiger partial charge in [-0.15, -0.1) is 0 Å². The first-order chi connectivity index (χ1) is 9.90. The molecule has 1 fully saturated rings. The minimum absolute atomic E-state index is 0.246. The average molecular weight is 376 g/mol. The average Bonchev–Trinajstić information content (AvgIpc) is 2.92. The number of nitrogens with one attached hydrogen (secondary N) is 1. The SMILES string of the molecule is Cc1c(N)cc(Br)cc1S(=O)(=O)NCCCN1CCCC1. The number of hydrogen-bond donors (Lipinski definition) is 2. The molecule has 3 N–H and O–H groups in total. The van der Waals surface area contributed by atoms with E-state index in [4.69, 9.17) is 5.73 Å². The van der Waals surface area contributed by atoms with Crippen LogP contribution < -0.4 is 10.5 Å². The number of benzene rings is 1. The zero-order chi connectivity index (χ0) is 15.5. The third-order valence-corrected chi connectivity index (χ3v) is 5.84. The van der Waals surface area contributed by atoms with E-state index in [-0.39, 0.29) is 4.90 Å². The van der Waals surface area contributed by atoms with Crippen molar-refractivity contribution < 1.29 is 8.42 Å². The van der Waals surface area contributed by atoms with Gasteiger partial charge in [-0.1, -0.05) is 15.9 Å². The van der Waals surface area contributed by atoms with Crippen molar-refractivity contribution in [2.24, 2.45) is 0 Å². The van der Waals surface area contributed by atoms with E-state index < -0.39 is 10.0 Å². The molecule has 5 nitrogen and oxygen atoms in total. The number of nitrogens with two attached hydrogens (primary N) is 1. The molecule has 0 saturated carbocycles. The van der Waals surface area contributed by atoms with E-state index >= 15 is 0 Å². The summed E-state index contributed by atoms with van der Waals surface area (Å²) in [6.45, 7) is 5.38. The second-order valence-electron chi connectivity index (χ2n) is 5.42. The number of halogens is 1. The van der Waals surface area contributed by atoms with Crippen molar-refractivity contribution in [2.75, 3.05) is 31.9 Å². The summed E-state index contributed by atoms with van der Waals surface area (Å²) in [5, 5.41) is 0. The van der Waals surface area contributed by atoms with Crippen LogP contribution >= 0.6 is 15.9 Å². The smallest absolute Gasteiger partial charge is 0.240 e. The van der Waals surface area contributed by atoms with E-state index in [9.17, 15) is 8.42 Å². The molecule has 118 valence electrons. The Kier molecular flexibility index (Phi) is 5.65. The second kappa shape index (κ2) is 7.09. The van der Waals surface area contributed by atoms with Crippen LogP contribution in [0.5, 0.6) is 0 Å². The molecular weight excluding hydrogens is 354 g/mol. The van der Waals surface area contributed by atoms with Crippen LogP contribution in [0, 0.1) is 6.92 Å². The highest BCUT2D eigenvalue weighted by molar-refractivity contribution is 9.10. The Balaban J connectivity index is 1.95. The summed E-state index contributed by atoms with van der Waals surface area (Å²) in [6, 6.07) is 3.30. The molecule has 1 heterocycles. The largest absolute Gasteiger partial charge is 0.398 e. The minimum atomic E-state index is -3.51. The van der Waals surface area contributed by atoms with Gasteiger partial charge in [0.1, 0.15) is 0 Å². The van der Waals surface area contributed by atoms with Crippen LogP contribution in [0.4, 0.5) is 5.69 Å². The highest BCUT2D eigenvalue weighted by Gasteiger charge is 2.19. The number of hydrogen-bond acceptors (Lipinski definition) is 4. The normalized spacial score (nSPS) is 16.5. The second-order valence-corrected chi connectivity index (χ2v) is 8.07. The summed E-state index contributed by atoms with van der Waals surface area (Å²) >= 11 is 3.29. The molecular formula is C14H22BrN3O2S. The van der Waals surface area contributed by atoms with Gasteiger partial charge in [-0.05, 0) is 63.5 Å². The van der Waals surface area contributed by atoms with Gasteiger partial charge < -0.3 is 10.6 Å². The van der Waals surface area contributed by atoms with Crippen molar-refractivity contribution >= 4 is 31.6 Å². The van der Waals surface area contributed by atoms with Crippen molar-refractivity contribution in [1.82, 2.24) is 9.62 Å². The van der Waals surface area contributed by atoms with Gasteiger partial charge in [-0.25, -0.2) is 13.1 Å². The maximum Gasteiger partial charge on any atom is 0.240 e. The predicted molar refractivity (Wildman–Crippen MR) is 88.8 cm³/mol. The van der Waals surface area contributed by atoms with Crippen LogP contribution in [0.25, 0.3) is 0 Å². The Hall–Kier alpha value is -0.630. The summed E-state index contributed by atoms with van der Waals surface area (Å²) in [6.07, 6.45) is 3.33. The summed E-state index contributed by atoms with van der Waals surface area (Å²) in [7, 11) is -3.51. The van der Waals surface area contributed by atoms with Gasteiger partial charge in [0, 0.05) is 16.7 Å². The van der Waals surface area contributed by atoms with Crippen molar-refractivity contribution in [3.63, 3.8) is 0 Å². The van der Waals surface area contributed by atoms with Crippen LogP contribution in [0.15, 0.2) is 21.5 Å². The minimum Gasteiger partial charge on any atom is -0.398 e. The van der Waals surface area contributed by atoms with Gasteiger partial charge in [0.2, 0.25) is 10.0 Å². The highest BCUT2D eigenvalue weighted by atomic mass is 79.9. The number of rotatable bonds is 6. The molecule has 0 aromatic heterocycles. The number of nitrogen functional groups attached to an aromatic ring is 1. The fourth-order valence-corrected chi connectivity index (χ4v) is 4.55. The molecule has 1 saturated heterocycles. The first-order valence-electron chi connectivity index (χ1n) is 7.18. The van der Waals surface area contributed by atoms with Gasteiger partial charge in [-0.3, -0.25) is 0 Å². The maximum atomic E-state index is 12.4. The summed E-state index contributed by atoms with van der Waals surface area (Å²) in [4.78, 5) is 2.62. The van der Waals surface area contributed by atoms with E-state index in [2.05, 4.69) is 25.6 Å². The van der Waals surface area contributed by atoms with Crippen molar-refractivity contribution in [3.8, 4) is 0 Å². The van der Waals surface area contributed by atoms with Gasteiger partial charge in [0.05, 0.1) is 4.90 Å². The van der Waals surface area contributed by atoms with Crippen molar-refractivity contribution in [2.45, 2.75) is 31.1 Å². The molecule has 1 aromatic carbocycles. The highest BCUT2D eigenvalue weighted by Crippen LogP contribution is 2.26. The fraction of sp³-hybridized carbons (Fsp3) is 0.571. The maximum absolute atomic E-state index is 12.4. The number of nitrogens with zero attached hydrogens (tertiary/aromatic N) is 1. The van der Waals surface area contributed by atoms with Crippen LogP contribution in [-0.2, 0) is 10.0 Å². The van der Waals surface area contributed by atoms with Gasteiger partial charge >= 0.3 is 0 Å². The first-order valence-corrected chi connectivity index (χ1v) is 9.45. The Morgan fingerprint density at radius 3 is 2.67 bits per heavy atom. The Labute approximate surface area is 135 Å². The number of likely N-dealkylation sites (tertiary alicyclic amines) is 1. The Bertz CT molecular complexity index is 598. The van der Waals surface area contributed by atoms with E-state index in [0.29, 0.717) is 22.3 Å². The number of sulfonamides is 1. The molecule has 7 heteroatoms. The molecule has 0 atom stereocenters. The topological polar surface area (TPSA) is 75.4 Å². The molecule has 0 aliphatic carbocycles.